The molecule has 4 aromatic carbocycles. The van der Waals surface area contributed by atoms with Gasteiger partial charge in [0.15, 0.2) is 5.78 Å². The fraction of sp³-hybridized carbons (Fsp3) is 0.442. The molecule has 0 radical (unpaired) electrons. The van der Waals surface area contributed by atoms with Gasteiger partial charge in [-0.3, -0.25) is 4.79 Å². The quantitative estimate of drug-likeness (QED) is 0.0170. The Labute approximate surface area is 353 Å². The number of esters is 2. The largest absolute Gasteiger partial charge is 0.494 e. The summed E-state index contributed by atoms with van der Waals surface area (Å²) in [6.45, 7) is 5.81. The number of carbonyl (C=O) groups is 3. The summed E-state index contributed by atoms with van der Waals surface area (Å²) in [6.07, 6.45) is 27.6. The minimum atomic E-state index is -0.546. The van der Waals surface area contributed by atoms with Gasteiger partial charge in [0.2, 0.25) is 0 Å². The molecule has 0 fully saturated rings. The van der Waals surface area contributed by atoms with E-state index < -0.39 is 11.9 Å². The first kappa shape index (κ1) is 46.5. The molecule has 0 spiro atoms. The molecule has 59 heavy (non-hydrogen) atoms. The molecule has 0 unspecified atom stereocenters. The molecule has 0 aliphatic rings. The second-order valence-electron chi connectivity index (χ2n) is 15.3. The van der Waals surface area contributed by atoms with E-state index in [1.807, 2.05) is 12.1 Å². The molecule has 0 atom stereocenters. The number of hydrogen-bond donors (Lipinski definition) is 0. The highest BCUT2D eigenvalue weighted by Gasteiger charge is 2.12. The average Bonchev–Trinajstić information content (AvgIpc) is 3.26. The van der Waals surface area contributed by atoms with Crippen LogP contribution < -0.4 is 18.9 Å². The zero-order valence-electron chi connectivity index (χ0n) is 35.6. The van der Waals surface area contributed by atoms with Crippen LogP contribution in [0.1, 0.15) is 172 Å². The van der Waals surface area contributed by atoms with E-state index in [9.17, 15) is 14.4 Å². The van der Waals surface area contributed by atoms with Gasteiger partial charge < -0.3 is 18.9 Å². The van der Waals surface area contributed by atoms with Gasteiger partial charge in [-0.15, -0.1) is 0 Å². The fourth-order valence-electron chi connectivity index (χ4n) is 6.69. The van der Waals surface area contributed by atoms with Gasteiger partial charge in [0.1, 0.15) is 23.0 Å². The summed E-state index contributed by atoms with van der Waals surface area (Å²) in [5.41, 5.74) is 2.08. The van der Waals surface area contributed by atoms with E-state index >= 15 is 0 Å². The van der Waals surface area contributed by atoms with Crippen molar-refractivity contribution >= 4 is 23.8 Å². The molecule has 0 amide bonds. The highest BCUT2D eigenvalue weighted by Crippen LogP contribution is 2.21. The Balaban J connectivity index is 1.09. The lowest BCUT2D eigenvalue weighted by Crippen LogP contribution is -2.10. The van der Waals surface area contributed by atoms with Crippen molar-refractivity contribution in [1.29, 1.82) is 0 Å². The zero-order valence-corrected chi connectivity index (χ0v) is 35.6. The van der Waals surface area contributed by atoms with Crippen molar-refractivity contribution in [2.75, 3.05) is 13.2 Å². The van der Waals surface area contributed by atoms with Crippen LogP contribution in [0.5, 0.6) is 23.0 Å². The fourth-order valence-corrected chi connectivity index (χ4v) is 6.69. The van der Waals surface area contributed by atoms with Crippen LogP contribution in [0.15, 0.2) is 103 Å². The smallest absolute Gasteiger partial charge is 0.343 e. The summed E-state index contributed by atoms with van der Waals surface area (Å²) in [5, 5.41) is 0. The summed E-state index contributed by atoms with van der Waals surface area (Å²) in [6, 6.07) is 27.3. The monoisotopic (exact) mass is 802 g/mol. The van der Waals surface area contributed by atoms with Gasteiger partial charge in [0, 0.05) is 5.56 Å². The first-order valence-electron chi connectivity index (χ1n) is 22.3. The second-order valence-corrected chi connectivity index (χ2v) is 15.3. The van der Waals surface area contributed by atoms with E-state index in [0.29, 0.717) is 41.4 Å². The lowest BCUT2D eigenvalue weighted by molar-refractivity contribution is 0.0730. The van der Waals surface area contributed by atoms with E-state index in [1.54, 1.807) is 91.0 Å². The van der Waals surface area contributed by atoms with Crippen LogP contribution in [-0.2, 0) is 0 Å². The predicted molar refractivity (Wildman–Crippen MR) is 239 cm³/mol. The molecule has 0 saturated carbocycles. The average molecular weight is 803 g/mol. The van der Waals surface area contributed by atoms with E-state index in [1.165, 1.54) is 115 Å². The number of carbonyl (C=O) groups excluding carboxylic acids is 3. The summed E-state index contributed by atoms with van der Waals surface area (Å²) in [5.74, 6) is 1.00. The maximum atomic E-state index is 12.8. The second kappa shape index (κ2) is 28.3. The van der Waals surface area contributed by atoms with Crippen molar-refractivity contribution in [2.45, 2.75) is 136 Å². The van der Waals surface area contributed by atoms with Crippen LogP contribution in [0.4, 0.5) is 0 Å². The van der Waals surface area contributed by atoms with Crippen molar-refractivity contribution in [3.8, 4) is 23.0 Å². The first-order chi connectivity index (χ1) is 28.9. The third-order valence-corrected chi connectivity index (χ3v) is 10.3. The van der Waals surface area contributed by atoms with Gasteiger partial charge in [-0.1, -0.05) is 141 Å². The van der Waals surface area contributed by atoms with Gasteiger partial charge in [0.05, 0.1) is 24.3 Å². The van der Waals surface area contributed by atoms with E-state index in [4.69, 9.17) is 18.9 Å². The normalized spacial score (nSPS) is 11.1. The summed E-state index contributed by atoms with van der Waals surface area (Å²) < 4.78 is 22.8. The molecule has 0 aromatic heterocycles. The zero-order chi connectivity index (χ0) is 41.8. The summed E-state index contributed by atoms with van der Waals surface area (Å²) in [4.78, 5) is 38.3. The Bertz CT molecular complexity index is 1790. The van der Waals surface area contributed by atoms with E-state index in [-0.39, 0.29) is 5.78 Å². The highest BCUT2D eigenvalue weighted by molar-refractivity contribution is 6.06. The topological polar surface area (TPSA) is 88.1 Å². The van der Waals surface area contributed by atoms with Crippen LogP contribution in [0.3, 0.4) is 0 Å². The molecule has 4 aromatic rings. The van der Waals surface area contributed by atoms with Gasteiger partial charge in [-0.25, -0.2) is 9.59 Å². The number of unbranched alkanes of at least 4 members (excludes halogenated alkanes) is 17. The summed E-state index contributed by atoms with van der Waals surface area (Å²) in [7, 11) is 0. The molecule has 7 nitrogen and oxygen atoms in total. The predicted octanol–water partition coefficient (Wildman–Crippen LogP) is 14.2. The number of allylic oxidation sites excluding steroid dienone is 1. The third-order valence-electron chi connectivity index (χ3n) is 10.3. The number of rotatable bonds is 30. The highest BCUT2D eigenvalue weighted by atomic mass is 16.5. The maximum absolute atomic E-state index is 12.8. The molecule has 0 bridgehead atoms. The molecule has 7 heteroatoms. The molecule has 0 aliphatic carbocycles. The van der Waals surface area contributed by atoms with Gasteiger partial charge in [0.25, 0.3) is 0 Å². The lowest BCUT2D eigenvalue weighted by Gasteiger charge is -2.08. The first-order valence-corrected chi connectivity index (χ1v) is 22.3. The lowest BCUT2D eigenvalue weighted by atomic mass is 10.0. The van der Waals surface area contributed by atoms with Crippen molar-refractivity contribution in [1.82, 2.24) is 0 Å². The standard InChI is InChI=1S/C52H66O7/c1-3-5-7-9-10-11-12-13-14-15-16-17-19-21-41-57-47-35-27-44(28-36-47)51(54)59-49-37-29-45(30-38-49)52(55)58-48-31-22-42(23-32-48)24-39-50(53)43-25-33-46(34-26-43)56-40-20-18-8-6-4-2/h22-39H,3-21,40-41H2,1-2H3/b39-24+. The molecule has 316 valence electrons. The van der Waals surface area contributed by atoms with Gasteiger partial charge >= 0.3 is 11.9 Å². The maximum Gasteiger partial charge on any atom is 0.343 e. The van der Waals surface area contributed by atoms with Gasteiger partial charge in [-0.2, -0.15) is 0 Å². The number of benzene rings is 4. The molecule has 0 aliphatic heterocycles. The van der Waals surface area contributed by atoms with Crippen molar-refractivity contribution in [3.05, 3.63) is 125 Å². The number of hydrogen-bond acceptors (Lipinski definition) is 7. The molecule has 0 heterocycles. The van der Waals surface area contributed by atoms with Crippen LogP contribution in [0, 0.1) is 0 Å². The van der Waals surface area contributed by atoms with Crippen molar-refractivity contribution in [2.24, 2.45) is 0 Å². The molecular weight excluding hydrogens is 737 g/mol. The Morgan fingerprint density at radius 3 is 1.10 bits per heavy atom. The number of ketones is 1. The van der Waals surface area contributed by atoms with Crippen molar-refractivity contribution < 1.29 is 33.3 Å². The Kier molecular flexibility index (Phi) is 22.3. The summed E-state index contributed by atoms with van der Waals surface area (Å²) >= 11 is 0. The minimum Gasteiger partial charge on any atom is -0.494 e. The molecule has 0 saturated heterocycles. The van der Waals surface area contributed by atoms with Crippen LogP contribution in [0.25, 0.3) is 6.08 Å². The van der Waals surface area contributed by atoms with Crippen LogP contribution in [0.2, 0.25) is 0 Å². The van der Waals surface area contributed by atoms with E-state index in [2.05, 4.69) is 13.8 Å². The molecule has 4 rings (SSSR count). The third kappa shape index (κ3) is 19.0. The van der Waals surface area contributed by atoms with Crippen molar-refractivity contribution in [3.63, 3.8) is 0 Å². The van der Waals surface area contributed by atoms with Gasteiger partial charge in [-0.05, 0) is 109 Å². The molecular formula is C52H66O7. The Morgan fingerprint density at radius 1 is 0.390 bits per heavy atom. The van der Waals surface area contributed by atoms with Crippen LogP contribution >= 0.6 is 0 Å². The molecule has 0 N–H and O–H groups in total. The Hall–Kier alpha value is -5.17. The number of ether oxygens (including phenoxy) is 4. The van der Waals surface area contributed by atoms with E-state index in [0.717, 1.165) is 29.9 Å². The van der Waals surface area contributed by atoms with Crippen LogP contribution in [-0.4, -0.2) is 30.9 Å². The minimum absolute atomic E-state index is 0.117. The Morgan fingerprint density at radius 2 is 0.712 bits per heavy atom. The SMILES string of the molecule is CCCCCCCCCCCCCCCCOc1ccc(C(=O)Oc2ccc(C(=O)Oc3ccc(/C=C/C(=O)c4ccc(OCCCCCCC)cc4)cc3)cc2)cc1.